The first kappa shape index (κ1) is 11.5. The van der Waals surface area contributed by atoms with Crippen molar-refractivity contribution in [3.63, 3.8) is 0 Å². The molecule has 3 heteroatoms. The third-order valence-corrected chi connectivity index (χ3v) is 8.45. The van der Waals surface area contributed by atoms with Crippen molar-refractivity contribution in [2.75, 3.05) is 7.11 Å². The molecule has 4 bridgehead atoms. The number of rotatable bonds is 4. The third kappa shape index (κ3) is 0.886. The van der Waals surface area contributed by atoms with Gasteiger partial charge in [-0.05, 0) is 48.0 Å². The highest BCUT2D eigenvalue weighted by Gasteiger charge is 2.92. The molecule has 0 radical (unpaired) electrons. The molecule has 114 valence electrons. The third-order valence-electron chi connectivity index (χ3n) is 8.45. The number of benzene rings is 1. The average Bonchev–Trinajstić information content (AvgIpc) is 3.18. The number of ether oxygens (including phenoxy) is 2. The minimum Gasteiger partial charge on any atom is -0.496 e. The molecule has 0 amide bonds. The number of hydrogen-bond acceptors (Lipinski definition) is 3. The molecule has 7 fully saturated rings. The van der Waals surface area contributed by atoms with Crippen LogP contribution in [0.25, 0.3) is 0 Å². The molecular weight excluding hydrogens is 274 g/mol. The maximum atomic E-state index is 6.70. The quantitative estimate of drug-likeness (QED) is 0.924. The van der Waals surface area contributed by atoms with E-state index in [0.717, 1.165) is 59.6 Å². The Hall–Kier alpha value is -1.06. The zero-order valence-electron chi connectivity index (χ0n) is 12.7. The fourth-order valence-corrected chi connectivity index (χ4v) is 8.37. The van der Waals surface area contributed by atoms with Crippen LogP contribution in [0.15, 0.2) is 24.3 Å². The Kier molecular flexibility index (Phi) is 1.69. The van der Waals surface area contributed by atoms with Crippen LogP contribution >= 0.6 is 0 Å². The van der Waals surface area contributed by atoms with Crippen LogP contribution in [0.2, 0.25) is 0 Å². The van der Waals surface area contributed by atoms with Gasteiger partial charge in [0.2, 0.25) is 0 Å². The van der Waals surface area contributed by atoms with Crippen molar-refractivity contribution in [3.05, 3.63) is 29.8 Å². The van der Waals surface area contributed by atoms with Gasteiger partial charge in [0, 0.05) is 23.9 Å². The molecule has 8 rings (SSSR count). The maximum Gasteiger partial charge on any atom is 0.126 e. The number of para-hydroxylation sites is 1. The summed E-state index contributed by atoms with van der Waals surface area (Å²) < 4.78 is 12.2. The first-order valence-corrected chi connectivity index (χ1v) is 8.90. The van der Waals surface area contributed by atoms with E-state index in [1.54, 1.807) is 7.11 Å². The van der Waals surface area contributed by atoms with Gasteiger partial charge in [-0.3, -0.25) is 5.32 Å². The second-order valence-electron chi connectivity index (χ2n) is 8.47. The Morgan fingerprint density at radius 1 is 1.14 bits per heavy atom. The monoisotopic (exact) mass is 295 g/mol. The lowest BCUT2D eigenvalue weighted by molar-refractivity contribution is -0.0591. The normalized spacial score (nSPS) is 59.8. The first-order chi connectivity index (χ1) is 10.8. The van der Waals surface area contributed by atoms with Crippen molar-refractivity contribution in [1.82, 2.24) is 5.32 Å². The van der Waals surface area contributed by atoms with Crippen LogP contribution in [0.1, 0.15) is 12.0 Å². The van der Waals surface area contributed by atoms with Gasteiger partial charge >= 0.3 is 0 Å². The molecule has 2 heterocycles. The van der Waals surface area contributed by atoms with Gasteiger partial charge in [-0.2, -0.15) is 0 Å². The SMILES string of the molecule is COc1ccccc1CN[C@]12O[C@@H]3[C@@H]4[C@H]5[C@@H]6C[C@H]([C@H]5[C@H]41)[C@@H]2[C@@H]63. The second kappa shape index (κ2) is 3.25. The Morgan fingerprint density at radius 3 is 2.95 bits per heavy atom. The molecule has 0 unspecified atom stereocenters. The van der Waals surface area contributed by atoms with E-state index in [1.165, 1.54) is 12.0 Å². The van der Waals surface area contributed by atoms with Gasteiger partial charge < -0.3 is 9.47 Å². The molecule has 0 spiro atoms. The van der Waals surface area contributed by atoms with Crippen LogP contribution < -0.4 is 10.1 Å². The van der Waals surface area contributed by atoms with E-state index in [9.17, 15) is 0 Å². The Balaban J connectivity index is 1.26. The van der Waals surface area contributed by atoms with Crippen molar-refractivity contribution < 1.29 is 9.47 Å². The summed E-state index contributed by atoms with van der Waals surface area (Å²) >= 11 is 0. The summed E-state index contributed by atoms with van der Waals surface area (Å²) in [6.45, 7) is 0.873. The van der Waals surface area contributed by atoms with E-state index in [2.05, 4.69) is 23.5 Å². The summed E-state index contributed by atoms with van der Waals surface area (Å²) in [5.41, 5.74) is 1.28. The summed E-state index contributed by atoms with van der Waals surface area (Å²) in [4.78, 5) is 0. The lowest BCUT2D eigenvalue weighted by Gasteiger charge is -2.46. The van der Waals surface area contributed by atoms with E-state index < -0.39 is 0 Å². The van der Waals surface area contributed by atoms with Gasteiger partial charge in [-0.1, -0.05) is 18.2 Å². The molecule has 5 saturated carbocycles. The fourth-order valence-electron chi connectivity index (χ4n) is 8.37. The van der Waals surface area contributed by atoms with Crippen LogP contribution in [-0.4, -0.2) is 18.9 Å². The van der Waals surface area contributed by atoms with Crippen LogP contribution in [-0.2, 0) is 11.3 Å². The van der Waals surface area contributed by atoms with Gasteiger partial charge in [0.05, 0.1) is 13.2 Å². The van der Waals surface area contributed by atoms with Crippen LogP contribution in [0.3, 0.4) is 0 Å². The Labute approximate surface area is 130 Å². The smallest absolute Gasteiger partial charge is 0.126 e. The average molecular weight is 295 g/mol. The predicted octanol–water partition coefficient (Wildman–Crippen LogP) is 2.27. The molecular formula is C19H21NO2. The molecule has 5 aliphatic carbocycles. The van der Waals surface area contributed by atoms with Crippen LogP contribution in [0.5, 0.6) is 5.75 Å². The second-order valence-corrected chi connectivity index (χ2v) is 8.47. The van der Waals surface area contributed by atoms with Crippen molar-refractivity contribution in [2.24, 2.45) is 47.3 Å². The molecule has 1 aromatic rings. The molecule has 2 saturated heterocycles. The topological polar surface area (TPSA) is 30.5 Å². The lowest BCUT2D eigenvalue weighted by Crippen LogP contribution is -2.56. The molecule has 22 heavy (non-hydrogen) atoms. The van der Waals surface area contributed by atoms with Crippen LogP contribution in [0.4, 0.5) is 0 Å². The summed E-state index contributed by atoms with van der Waals surface area (Å²) in [6.07, 6.45) is 2.13. The lowest BCUT2D eigenvalue weighted by atomic mass is 9.59. The zero-order valence-corrected chi connectivity index (χ0v) is 12.7. The number of hydrogen-bond donors (Lipinski definition) is 1. The van der Waals surface area contributed by atoms with Crippen molar-refractivity contribution in [2.45, 2.75) is 24.8 Å². The van der Waals surface area contributed by atoms with Crippen molar-refractivity contribution in [1.29, 1.82) is 0 Å². The van der Waals surface area contributed by atoms with Crippen LogP contribution in [0, 0.1) is 47.3 Å². The van der Waals surface area contributed by atoms with Gasteiger partial charge in [0.15, 0.2) is 0 Å². The number of methoxy groups -OCH3 is 1. The van der Waals surface area contributed by atoms with E-state index in [1.807, 2.05) is 6.07 Å². The Morgan fingerprint density at radius 2 is 2.05 bits per heavy atom. The van der Waals surface area contributed by atoms with E-state index >= 15 is 0 Å². The first-order valence-electron chi connectivity index (χ1n) is 8.90. The largest absolute Gasteiger partial charge is 0.496 e. The molecule has 3 nitrogen and oxygen atoms in total. The number of nitrogens with one attached hydrogen (secondary N) is 1. The maximum absolute atomic E-state index is 6.70. The Bertz CT molecular complexity index is 694. The summed E-state index contributed by atoms with van der Waals surface area (Å²) in [5, 5.41) is 3.91. The highest BCUT2D eigenvalue weighted by Crippen LogP contribution is 2.89. The summed E-state index contributed by atoms with van der Waals surface area (Å²) in [6, 6.07) is 8.37. The molecule has 10 atom stereocenters. The predicted molar refractivity (Wildman–Crippen MR) is 80.0 cm³/mol. The van der Waals surface area contributed by atoms with E-state index in [-0.39, 0.29) is 5.72 Å². The van der Waals surface area contributed by atoms with Gasteiger partial charge in [-0.15, -0.1) is 0 Å². The zero-order chi connectivity index (χ0) is 14.2. The molecule has 2 aliphatic heterocycles. The van der Waals surface area contributed by atoms with E-state index in [4.69, 9.17) is 9.47 Å². The molecule has 1 N–H and O–H groups in total. The van der Waals surface area contributed by atoms with Crippen molar-refractivity contribution in [3.8, 4) is 5.75 Å². The molecule has 0 aromatic heterocycles. The standard InChI is InChI=1S/C19H21NO2/c1-21-11-5-3-2-4-8(11)7-20-19-16-10-6-9-12-13(10)17(19)15(12)18(22-19)14(9)16/h2-5,9-10,12-18,20H,6-7H2,1H3/t9-,10+,12-,13+,14+,15+,16+,17+,18-,19+/m0/s1. The minimum atomic E-state index is 0.0257. The van der Waals surface area contributed by atoms with E-state index in [0.29, 0.717) is 6.10 Å². The van der Waals surface area contributed by atoms with Gasteiger partial charge in [0.25, 0.3) is 0 Å². The fraction of sp³-hybridized carbons (Fsp3) is 0.684. The highest BCUT2D eigenvalue weighted by atomic mass is 16.5. The van der Waals surface area contributed by atoms with Gasteiger partial charge in [0.1, 0.15) is 11.5 Å². The summed E-state index contributed by atoms with van der Waals surface area (Å²) in [7, 11) is 1.76. The van der Waals surface area contributed by atoms with Gasteiger partial charge in [-0.25, -0.2) is 0 Å². The minimum absolute atomic E-state index is 0.0257. The highest BCUT2D eigenvalue weighted by molar-refractivity contribution is 5.39. The molecule has 1 aromatic carbocycles. The summed E-state index contributed by atoms with van der Waals surface area (Å²) in [5.74, 6) is 8.53. The molecule has 7 aliphatic rings. The van der Waals surface area contributed by atoms with Crippen molar-refractivity contribution >= 4 is 0 Å².